The second-order valence-corrected chi connectivity index (χ2v) is 5.56. The van der Waals surface area contributed by atoms with Crippen molar-refractivity contribution in [3.05, 3.63) is 66.2 Å². The summed E-state index contributed by atoms with van der Waals surface area (Å²) >= 11 is 0. The third kappa shape index (κ3) is 4.83. The molecule has 1 unspecified atom stereocenters. The maximum Gasteiger partial charge on any atom is 0.338 e. The molecule has 2 aromatic carbocycles. The third-order valence-corrected chi connectivity index (χ3v) is 3.89. The molecule has 1 N–H and O–H groups in total. The van der Waals surface area contributed by atoms with E-state index in [9.17, 15) is 9.90 Å². The molecule has 0 saturated carbocycles. The summed E-state index contributed by atoms with van der Waals surface area (Å²) in [7, 11) is 0. The number of benzene rings is 2. The Hall–Kier alpha value is -2.33. The molecule has 1 atom stereocenters. The van der Waals surface area contributed by atoms with Gasteiger partial charge in [-0.2, -0.15) is 0 Å². The van der Waals surface area contributed by atoms with Crippen LogP contribution in [0.1, 0.15) is 23.7 Å². The van der Waals surface area contributed by atoms with Gasteiger partial charge >= 0.3 is 5.97 Å². The number of hydrogen-bond acceptors (Lipinski definition) is 4. The van der Waals surface area contributed by atoms with Crippen LogP contribution in [0.25, 0.3) is 0 Å². The molecule has 0 aliphatic rings. The summed E-state index contributed by atoms with van der Waals surface area (Å²) < 4.78 is 11.1. The zero-order chi connectivity index (χ0) is 16.5. The summed E-state index contributed by atoms with van der Waals surface area (Å²) in [6, 6.07) is 18.2. The molecular weight excluding hydrogens is 292 g/mol. The van der Waals surface area contributed by atoms with Crippen LogP contribution in [0.15, 0.2) is 60.7 Å². The van der Waals surface area contributed by atoms with Gasteiger partial charge in [-0.3, -0.25) is 0 Å². The van der Waals surface area contributed by atoms with Crippen LogP contribution in [0, 0.1) is 5.41 Å². The molecule has 0 amide bonds. The largest absolute Gasteiger partial charge is 0.493 e. The Kier molecular flexibility index (Phi) is 6.18. The minimum absolute atomic E-state index is 0.112. The van der Waals surface area contributed by atoms with Crippen molar-refractivity contribution in [3.63, 3.8) is 0 Å². The molecule has 0 fully saturated rings. The van der Waals surface area contributed by atoms with E-state index in [2.05, 4.69) is 0 Å². The Balaban J connectivity index is 1.95. The molecule has 0 aliphatic heterocycles. The molecule has 0 spiro atoms. The first-order valence-corrected chi connectivity index (χ1v) is 7.70. The molecule has 0 aliphatic carbocycles. The molecule has 0 radical (unpaired) electrons. The van der Waals surface area contributed by atoms with Crippen molar-refractivity contribution in [1.82, 2.24) is 0 Å². The van der Waals surface area contributed by atoms with E-state index in [4.69, 9.17) is 9.47 Å². The highest BCUT2D eigenvalue weighted by molar-refractivity contribution is 5.89. The predicted molar refractivity (Wildman–Crippen MR) is 88.5 cm³/mol. The molecule has 0 saturated heterocycles. The van der Waals surface area contributed by atoms with E-state index in [1.54, 1.807) is 24.3 Å². The summed E-state index contributed by atoms with van der Waals surface area (Å²) in [4.78, 5) is 12.1. The maximum absolute atomic E-state index is 12.1. The molecule has 2 rings (SSSR count). The average Bonchev–Trinajstić information content (AvgIpc) is 2.64. The van der Waals surface area contributed by atoms with Gasteiger partial charge in [-0.15, -0.1) is 0 Å². The van der Waals surface area contributed by atoms with E-state index in [0.29, 0.717) is 12.0 Å². The Labute approximate surface area is 136 Å². The lowest BCUT2D eigenvalue weighted by molar-refractivity contribution is -0.0123. The number of hydrogen-bond donors (Lipinski definition) is 1. The first kappa shape index (κ1) is 17.0. The standard InChI is InChI=1S/C19H22O4/c1-2-19(13-20,14-22-17-11-7-4-8-12-17)15-23-18(21)16-9-5-3-6-10-16/h3-12,20H,2,13-15H2,1H3. The number of carbonyl (C=O) groups is 1. The minimum atomic E-state index is -0.611. The first-order valence-electron chi connectivity index (χ1n) is 7.70. The van der Waals surface area contributed by atoms with E-state index in [0.717, 1.165) is 5.75 Å². The van der Waals surface area contributed by atoms with Gasteiger partial charge in [0.25, 0.3) is 0 Å². The second-order valence-electron chi connectivity index (χ2n) is 5.56. The van der Waals surface area contributed by atoms with Crippen molar-refractivity contribution in [2.75, 3.05) is 19.8 Å². The van der Waals surface area contributed by atoms with E-state index in [-0.39, 0.29) is 19.8 Å². The van der Waals surface area contributed by atoms with E-state index < -0.39 is 11.4 Å². The van der Waals surface area contributed by atoms with Gasteiger partial charge in [0.05, 0.1) is 24.2 Å². The first-order chi connectivity index (χ1) is 11.2. The van der Waals surface area contributed by atoms with Crippen molar-refractivity contribution >= 4 is 5.97 Å². The van der Waals surface area contributed by atoms with Gasteiger partial charge in [-0.1, -0.05) is 43.3 Å². The Morgan fingerprint density at radius 2 is 1.61 bits per heavy atom. The zero-order valence-corrected chi connectivity index (χ0v) is 13.3. The highest BCUT2D eigenvalue weighted by Gasteiger charge is 2.31. The smallest absolute Gasteiger partial charge is 0.338 e. The number of carbonyl (C=O) groups excluding carboxylic acids is 1. The van der Waals surface area contributed by atoms with Crippen LogP contribution in [0.2, 0.25) is 0 Å². The molecular formula is C19H22O4. The summed E-state index contributed by atoms with van der Waals surface area (Å²) in [5.41, 5.74) is -0.111. The van der Waals surface area contributed by atoms with E-state index in [1.807, 2.05) is 43.3 Å². The lowest BCUT2D eigenvalue weighted by Gasteiger charge is -2.29. The van der Waals surface area contributed by atoms with Gasteiger partial charge in [0.2, 0.25) is 0 Å². The summed E-state index contributed by atoms with van der Waals surface area (Å²) in [6.45, 7) is 2.23. The van der Waals surface area contributed by atoms with Gasteiger partial charge in [0.15, 0.2) is 0 Å². The molecule has 0 aromatic heterocycles. The van der Waals surface area contributed by atoms with Gasteiger partial charge in [-0.25, -0.2) is 4.79 Å². The molecule has 2 aromatic rings. The molecule has 4 heteroatoms. The van der Waals surface area contributed by atoms with Crippen molar-refractivity contribution in [2.45, 2.75) is 13.3 Å². The van der Waals surface area contributed by atoms with Crippen LogP contribution in [0.5, 0.6) is 5.75 Å². The SMILES string of the molecule is CCC(CO)(COC(=O)c1ccccc1)COc1ccccc1. The fourth-order valence-electron chi connectivity index (χ4n) is 2.08. The van der Waals surface area contributed by atoms with Crippen molar-refractivity contribution in [1.29, 1.82) is 0 Å². The molecule has 122 valence electrons. The quantitative estimate of drug-likeness (QED) is 0.760. The fraction of sp³-hybridized carbons (Fsp3) is 0.316. The third-order valence-electron chi connectivity index (χ3n) is 3.89. The number of rotatable bonds is 8. The van der Waals surface area contributed by atoms with Gasteiger partial charge in [-0.05, 0) is 30.7 Å². The average molecular weight is 314 g/mol. The van der Waals surface area contributed by atoms with Crippen LogP contribution in [0.3, 0.4) is 0 Å². The monoisotopic (exact) mass is 314 g/mol. The van der Waals surface area contributed by atoms with Crippen molar-refractivity contribution in [3.8, 4) is 5.75 Å². The number of aliphatic hydroxyl groups is 1. The lowest BCUT2D eigenvalue weighted by Crippen LogP contribution is -2.37. The van der Waals surface area contributed by atoms with Crippen molar-refractivity contribution < 1.29 is 19.4 Å². The van der Waals surface area contributed by atoms with Crippen LogP contribution >= 0.6 is 0 Å². The van der Waals surface area contributed by atoms with Gasteiger partial charge < -0.3 is 14.6 Å². The van der Waals surface area contributed by atoms with Crippen LogP contribution in [-0.2, 0) is 4.74 Å². The lowest BCUT2D eigenvalue weighted by atomic mass is 9.88. The highest BCUT2D eigenvalue weighted by atomic mass is 16.5. The number of aliphatic hydroxyl groups excluding tert-OH is 1. The summed E-state index contributed by atoms with van der Waals surface area (Å²) in [6.07, 6.45) is 0.637. The van der Waals surface area contributed by atoms with Gasteiger partial charge in [0, 0.05) is 0 Å². The van der Waals surface area contributed by atoms with Crippen molar-refractivity contribution in [2.24, 2.45) is 5.41 Å². The predicted octanol–water partition coefficient (Wildman–Crippen LogP) is 3.31. The van der Waals surface area contributed by atoms with Gasteiger partial charge in [0.1, 0.15) is 12.4 Å². The minimum Gasteiger partial charge on any atom is -0.493 e. The van der Waals surface area contributed by atoms with Crippen LogP contribution < -0.4 is 4.74 Å². The topological polar surface area (TPSA) is 55.8 Å². The Morgan fingerprint density at radius 1 is 1.00 bits per heavy atom. The summed E-state index contributed by atoms with van der Waals surface area (Å²) in [5, 5.41) is 9.77. The number of esters is 1. The molecule has 0 heterocycles. The molecule has 23 heavy (non-hydrogen) atoms. The maximum atomic E-state index is 12.1. The number of para-hydroxylation sites is 1. The Morgan fingerprint density at radius 3 is 2.17 bits per heavy atom. The zero-order valence-electron chi connectivity index (χ0n) is 13.3. The molecule has 0 bridgehead atoms. The van der Waals surface area contributed by atoms with Crippen LogP contribution in [-0.4, -0.2) is 30.9 Å². The fourth-order valence-corrected chi connectivity index (χ4v) is 2.08. The van der Waals surface area contributed by atoms with Crippen LogP contribution in [0.4, 0.5) is 0 Å². The second kappa shape index (κ2) is 8.34. The highest BCUT2D eigenvalue weighted by Crippen LogP contribution is 2.24. The Bertz CT molecular complexity index is 591. The summed E-state index contributed by atoms with van der Waals surface area (Å²) in [5.74, 6) is 0.338. The van der Waals surface area contributed by atoms with E-state index >= 15 is 0 Å². The molecule has 4 nitrogen and oxygen atoms in total. The van der Waals surface area contributed by atoms with E-state index in [1.165, 1.54) is 0 Å². The normalized spacial score (nSPS) is 13.1. The number of ether oxygens (including phenoxy) is 2.